The number of hydrogen-bond acceptors (Lipinski definition) is 4. The predicted molar refractivity (Wildman–Crippen MR) is 78.0 cm³/mol. The lowest BCUT2D eigenvalue weighted by Crippen LogP contribution is -2.28. The van der Waals surface area contributed by atoms with E-state index in [1.807, 2.05) is 24.3 Å². The third-order valence-corrected chi connectivity index (χ3v) is 3.42. The molecule has 4 nitrogen and oxygen atoms in total. The van der Waals surface area contributed by atoms with E-state index in [0.717, 1.165) is 18.0 Å². The van der Waals surface area contributed by atoms with E-state index < -0.39 is 0 Å². The van der Waals surface area contributed by atoms with Crippen LogP contribution in [-0.4, -0.2) is 16.0 Å². The van der Waals surface area contributed by atoms with Crippen LogP contribution in [0.3, 0.4) is 0 Å². The number of nitrogens with two attached hydrogens (primary N) is 1. The van der Waals surface area contributed by atoms with Crippen molar-refractivity contribution in [3.05, 3.63) is 48.2 Å². The van der Waals surface area contributed by atoms with Crippen LogP contribution in [0.25, 0.3) is 0 Å². The van der Waals surface area contributed by atoms with Crippen molar-refractivity contribution < 1.29 is 4.42 Å². The van der Waals surface area contributed by atoms with Crippen LogP contribution in [0, 0.1) is 0 Å². The summed E-state index contributed by atoms with van der Waals surface area (Å²) >= 11 is 5.09. The van der Waals surface area contributed by atoms with Crippen molar-refractivity contribution >= 4 is 22.9 Å². The predicted octanol–water partition coefficient (Wildman–Crippen LogP) is 2.48. The number of furan rings is 1. The largest absolute Gasteiger partial charge is 0.467 e. The maximum atomic E-state index is 5.77. The fourth-order valence-corrected chi connectivity index (χ4v) is 2.34. The van der Waals surface area contributed by atoms with Crippen molar-refractivity contribution in [3.8, 4) is 0 Å². The van der Waals surface area contributed by atoms with Crippen molar-refractivity contribution in [1.82, 2.24) is 4.98 Å². The highest BCUT2D eigenvalue weighted by Gasteiger charge is 2.31. The van der Waals surface area contributed by atoms with Crippen molar-refractivity contribution in [2.75, 3.05) is 4.90 Å². The van der Waals surface area contributed by atoms with Gasteiger partial charge in [0.05, 0.1) is 18.5 Å². The van der Waals surface area contributed by atoms with Crippen LogP contribution in [0.1, 0.15) is 24.3 Å². The molecule has 5 heteroatoms. The minimum atomic E-state index is 0.334. The Balaban J connectivity index is 1.94. The quantitative estimate of drug-likeness (QED) is 0.848. The molecule has 0 bridgehead atoms. The molecule has 1 fully saturated rings. The molecule has 0 aliphatic heterocycles. The Labute approximate surface area is 117 Å². The van der Waals surface area contributed by atoms with Gasteiger partial charge in [0.2, 0.25) is 0 Å². The standard InChI is InChI=1S/C14H15N3OS/c15-14(19)13-12(4-1-7-16-13)17(10-5-6-10)9-11-3-2-8-18-11/h1-4,7-8,10H,5-6,9H2,(H2,15,19). The van der Waals surface area contributed by atoms with Gasteiger partial charge in [-0.1, -0.05) is 12.2 Å². The SMILES string of the molecule is NC(=S)c1ncccc1N(Cc1ccco1)C1CC1. The Bertz CT molecular complexity index is 578. The minimum absolute atomic E-state index is 0.334. The highest BCUT2D eigenvalue weighted by Crippen LogP contribution is 2.34. The summed E-state index contributed by atoms with van der Waals surface area (Å²) in [7, 11) is 0. The zero-order valence-electron chi connectivity index (χ0n) is 10.5. The van der Waals surface area contributed by atoms with Gasteiger partial charge in [-0.05, 0) is 37.1 Å². The average Bonchev–Trinajstić information content (AvgIpc) is 3.13. The van der Waals surface area contributed by atoms with E-state index in [-0.39, 0.29) is 0 Å². The molecule has 98 valence electrons. The van der Waals surface area contributed by atoms with Crippen LogP contribution in [0.2, 0.25) is 0 Å². The minimum Gasteiger partial charge on any atom is -0.467 e. The van der Waals surface area contributed by atoms with Gasteiger partial charge >= 0.3 is 0 Å². The first-order valence-corrected chi connectivity index (χ1v) is 6.70. The topological polar surface area (TPSA) is 55.3 Å². The molecule has 0 saturated heterocycles. The monoisotopic (exact) mass is 273 g/mol. The molecule has 3 rings (SSSR count). The second kappa shape index (κ2) is 5.01. The molecule has 0 radical (unpaired) electrons. The number of rotatable bonds is 5. The van der Waals surface area contributed by atoms with Crippen LogP contribution in [0.15, 0.2) is 41.1 Å². The zero-order valence-corrected chi connectivity index (χ0v) is 11.3. The summed E-state index contributed by atoms with van der Waals surface area (Å²) in [5, 5.41) is 0. The lowest BCUT2D eigenvalue weighted by molar-refractivity contribution is 0.501. The molecule has 2 aromatic rings. The third kappa shape index (κ3) is 2.61. The smallest absolute Gasteiger partial charge is 0.124 e. The first-order chi connectivity index (χ1) is 9.25. The molecule has 0 spiro atoms. The number of aromatic nitrogens is 1. The fourth-order valence-electron chi connectivity index (χ4n) is 2.19. The second-order valence-electron chi connectivity index (χ2n) is 4.67. The molecule has 0 atom stereocenters. The summed E-state index contributed by atoms with van der Waals surface area (Å²) in [6.07, 6.45) is 5.78. The summed E-state index contributed by atoms with van der Waals surface area (Å²) < 4.78 is 5.44. The highest BCUT2D eigenvalue weighted by molar-refractivity contribution is 7.80. The van der Waals surface area contributed by atoms with Crippen LogP contribution < -0.4 is 10.6 Å². The second-order valence-corrected chi connectivity index (χ2v) is 5.11. The molecule has 2 aromatic heterocycles. The summed E-state index contributed by atoms with van der Waals surface area (Å²) in [4.78, 5) is 6.91. The van der Waals surface area contributed by atoms with Gasteiger partial charge in [0.25, 0.3) is 0 Å². The molecular weight excluding hydrogens is 258 g/mol. The van der Waals surface area contributed by atoms with E-state index in [2.05, 4.69) is 9.88 Å². The normalized spacial score (nSPS) is 14.3. The maximum Gasteiger partial charge on any atom is 0.124 e. The van der Waals surface area contributed by atoms with Crippen LogP contribution in [-0.2, 0) is 6.54 Å². The molecule has 1 aliphatic rings. The zero-order chi connectivity index (χ0) is 13.2. The first-order valence-electron chi connectivity index (χ1n) is 6.29. The number of hydrogen-bond donors (Lipinski definition) is 1. The summed E-state index contributed by atoms with van der Waals surface area (Å²) in [5.74, 6) is 0.935. The molecule has 19 heavy (non-hydrogen) atoms. The molecule has 1 aliphatic carbocycles. The molecule has 0 amide bonds. The molecular formula is C14H15N3OS. The van der Waals surface area contributed by atoms with Crippen molar-refractivity contribution in [3.63, 3.8) is 0 Å². The Kier molecular flexibility index (Phi) is 3.21. The van der Waals surface area contributed by atoms with Gasteiger partial charge in [-0.15, -0.1) is 0 Å². The molecule has 2 N–H and O–H groups in total. The molecule has 0 unspecified atom stereocenters. The maximum absolute atomic E-state index is 5.77. The van der Waals surface area contributed by atoms with Crippen LogP contribution in [0.4, 0.5) is 5.69 Å². The van der Waals surface area contributed by atoms with Gasteiger partial charge in [-0.25, -0.2) is 0 Å². The van der Waals surface area contributed by atoms with E-state index in [4.69, 9.17) is 22.4 Å². The number of nitrogens with zero attached hydrogens (tertiary/aromatic N) is 2. The van der Waals surface area contributed by atoms with Gasteiger partial charge in [0.1, 0.15) is 16.4 Å². The van der Waals surface area contributed by atoms with Gasteiger partial charge in [-0.2, -0.15) is 0 Å². The number of thiocarbonyl (C=S) groups is 1. The first kappa shape index (κ1) is 12.2. The number of pyridine rings is 1. The van der Waals surface area contributed by atoms with Crippen molar-refractivity contribution in [2.45, 2.75) is 25.4 Å². The molecule has 0 aromatic carbocycles. The molecule has 2 heterocycles. The lowest BCUT2D eigenvalue weighted by atomic mass is 10.2. The Morgan fingerprint density at radius 3 is 2.89 bits per heavy atom. The summed E-state index contributed by atoms with van der Waals surface area (Å²) in [6.45, 7) is 0.721. The Morgan fingerprint density at radius 1 is 1.42 bits per heavy atom. The van der Waals surface area contributed by atoms with E-state index in [0.29, 0.717) is 16.7 Å². The van der Waals surface area contributed by atoms with Crippen LogP contribution >= 0.6 is 12.2 Å². The van der Waals surface area contributed by atoms with Gasteiger partial charge in [0.15, 0.2) is 0 Å². The van der Waals surface area contributed by atoms with E-state index >= 15 is 0 Å². The lowest BCUT2D eigenvalue weighted by Gasteiger charge is -2.25. The summed E-state index contributed by atoms with van der Waals surface area (Å²) in [6, 6.07) is 8.34. The van der Waals surface area contributed by atoms with Gasteiger partial charge in [0, 0.05) is 12.2 Å². The van der Waals surface area contributed by atoms with Gasteiger partial charge < -0.3 is 15.1 Å². The Hall–Kier alpha value is -1.88. The molecule has 1 saturated carbocycles. The van der Waals surface area contributed by atoms with Gasteiger partial charge in [-0.3, -0.25) is 4.98 Å². The third-order valence-electron chi connectivity index (χ3n) is 3.22. The highest BCUT2D eigenvalue weighted by atomic mass is 32.1. The van der Waals surface area contributed by atoms with Crippen molar-refractivity contribution in [1.29, 1.82) is 0 Å². The van der Waals surface area contributed by atoms with Crippen molar-refractivity contribution in [2.24, 2.45) is 5.73 Å². The average molecular weight is 273 g/mol. The van der Waals surface area contributed by atoms with E-state index in [1.165, 1.54) is 12.8 Å². The van der Waals surface area contributed by atoms with Crippen LogP contribution in [0.5, 0.6) is 0 Å². The Morgan fingerprint density at radius 2 is 2.26 bits per heavy atom. The van der Waals surface area contributed by atoms with E-state index in [1.54, 1.807) is 12.5 Å². The fraction of sp³-hybridized carbons (Fsp3) is 0.286. The number of anilines is 1. The van der Waals surface area contributed by atoms with E-state index in [9.17, 15) is 0 Å². The summed E-state index contributed by atoms with van der Waals surface area (Å²) in [5.41, 5.74) is 7.45.